The highest BCUT2D eigenvalue weighted by Gasteiger charge is 2.08. The summed E-state index contributed by atoms with van der Waals surface area (Å²) in [5.74, 6) is 0.521. The van der Waals surface area contributed by atoms with Crippen molar-refractivity contribution in [1.29, 1.82) is 0 Å². The van der Waals surface area contributed by atoms with E-state index in [0.29, 0.717) is 18.0 Å². The molecule has 23 heavy (non-hydrogen) atoms. The highest BCUT2D eigenvalue weighted by molar-refractivity contribution is 5.93. The predicted octanol–water partition coefficient (Wildman–Crippen LogP) is 2.45. The lowest BCUT2D eigenvalue weighted by Crippen LogP contribution is -2.32. The summed E-state index contributed by atoms with van der Waals surface area (Å²) in [6, 6.07) is 11.8. The Morgan fingerprint density at radius 1 is 1.13 bits per heavy atom. The SMILES string of the molecule is Cc1cc(NC(=O)CNC(=O)CCCCc2ccccc2)no1. The van der Waals surface area contributed by atoms with E-state index >= 15 is 0 Å². The van der Waals surface area contributed by atoms with Crippen molar-refractivity contribution in [3.8, 4) is 0 Å². The lowest BCUT2D eigenvalue weighted by molar-refractivity contribution is -0.124. The third-order valence-corrected chi connectivity index (χ3v) is 3.30. The van der Waals surface area contributed by atoms with Crippen molar-refractivity contribution in [1.82, 2.24) is 10.5 Å². The number of hydrogen-bond acceptors (Lipinski definition) is 4. The maximum absolute atomic E-state index is 11.7. The zero-order valence-electron chi connectivity index (χ0n) is 13.2. The fourth-order valence-corrected chi connectivity index (χ4v) is 2.14. The first-order valence-corrected chi connectivity index (χ1v) is 7.67. The zero-order chi connectivity index (χ0) is 16.5. The van der Waals surface area contributed by atoms with Crippen LogP contribution >= 0.6 is 0 Å². The molecule has 0 radical (unpaired) electrons. The van der Waals surface area contributed by atoms with Crippen molar-refractivity contribution in [2.75, 3.05) is 11.9 Å². The van der Waals surface area contributed by atoms with Crippen molar-refractivity contribution in [2.24, 2.45) is 0 Å². The summed E-state index contributed by atoms with van der Waals surface area (Å²) in [5, 5.41) is 8.80. The summed E-state index contributed by atoms with van der Waals surface area (Å²) in [5.41, 5.74) is 1.27. The first-order valence-electron chi connectivity index (χ1n) is 7.67. The van der Waals surface area contributed by atoms with Gasteiger partial charge in [-0.3, -0.25) is 9.59 Å². The van der Waals surface area contributed by atoms with E-state index in [2.05, 4.69) is 27.9 Å². The van der Waals surface area contributed by atoms with Crippen LogP contribution < -0.4 is 10.6 Å². The molecule has 0 saturated carbocycles. The van der Waals surface area contributed by atoms with Gasteiger partial charge in [-0.25, -0.2) is 0 Å². The van der Waals surface area contributed by atoms with Gasteiger partial charge in [-0.05, 0) is 31.7 Å². The Morgan fingerprint density at radius 2 is 1.91 bits per heavy atom. The van der Waals surface area contributed by atoms with Crippen molar-refractivity contribution in [3.05, 3.63) is 47.7 Å². The number of anilines is 1. The highest BCUT2D eigenvalue weighted by atomic mass is 16.5. The molecule has 0 atom stereocenters. The van der Waals surface area contributed by atoms with Gasteiger partial charge in [0.25, 0.3) is 0 Å². The number of unbranched alkanes of at least 4 members (excludes halogenated alkanes) is 1. The second kappa shape index (κ2) is 8.73. The lowest BCUT2D eigenvalue weighted by Gasteiger charge is -2.05. The third kappa shape index (κ3) is 6.34. The van der Waals surface area contributed by atoms with Gasteiger partial charge >= 0.3 is 0 Å². The van der Waals surface area contributed by atoms with Crippen LogP contribution in [0.5, 0.6) is 0 Å². The molecule has 0 unspecified atom stereocenters. The minimum Gasteiger partial charge on any atom is -0.360 e. The van der Waals surface area contributed by atoms with E-state index in [1.54, 1.807) is 13.0 Å². The zero-order valence-corrected chi connectivity index (χ0v) is 13.2. The molecule has 6 nitrogen and oxygen atoms in total. The number of aryl methyl sites for hydroxylation is 2. The van der Waals surface area contributed by atoms with Crippen LogP contribution in [0, 0.1) is 6.92 Å². The fraction of sp³-hybridized carbons (Fsp3) is 0.353. The van der Waals surface area contributed by atoms with E-state index < -0.39 is 0 Å². The van der Waals surface area contributed by atoms with Crippen molar-refractivity contribution < 1.29 is 14.1 Å². The van der Waals surface area contributed by atoms with Gasteiger partial charge in [0.05, 0.1) is 6.54 Å². The molecule has 0 saturated heterocycles. The summed E-state index contributed by atoms with van der Waals surface area (Å²) in [6.45, 7) is 1.67. The number of carbonyl (C=O) groups is 2. The normalized spacial score (nSPS) is 10.3. The molecule has 2 aromatic rings. The van der Waals surface area contributed by atoms with Crippen LogP contribution in [0.2, 0.25) is 0 Å². The van der Waals surface area contributed by atoms with Crippen LogP contribution in [0.25, 0.3) is 0 Å². The van der Waals surface area contributed by atoms with Crippen molar-refractivity contribution >= 4 is 17.6 Å². The molecule has 1 heterocycles. The number of benzene rings is 1. The monoisotopic (exact) mass is 315 g/mol. The summed E-state index contributed by atoms with van der Waals surface area (Å²) in [6.07, 6.45) is 3.12. The van der Waals surface area contributed by atoms with Crippen LogP contribution in [0.15, 0.2) is 40.9 Å². The Kier molecular flexibility index (Phi) is 6.35. The molecular weight excluding hydrogens is 294 g/mol. The van der Waals surface area contributed by atoms with Gasteiger partial charge in [-0.15, -0.1) is 0 Å². The second-order valence-electron chi connectivity index (χ2n) is 5.34. The number of aromatic nitrogens is 1. The molecule has 0 aliphatic heterocycles. The standard InChI is InChI=1S/C17H21N3O3/c1-13-11-15(20-23-13)19-17(22)12-18-16(21)10-6-5-9-14-7-3-2-4-8-14/h2-4,7-8,11H,5-6,9-10,12H2,1H3,(H,18,21)(H,19,20,22). The van der Waals surface area contributed by atoms with Gasteiger partial charge in [0.2, 0.25) is 11.8 Å². The summed E-state index contributed by atoms with van der Waals surface area (Å²) >= 11 is 0. The van der Waals surface area contributed by atoms with Crippen LogP contribution in [-0.2, 0) is 16.0 Å². The minimum atomic E-state index is -0.323. The van der Waals surface area contributed by atoms with E-state index in [1.165, 1.54) is 5.56 Å². The Bertz CT molecular complexity index is 638. The molecule has 1 aromatic carbocycles. The van der Waals surface area contributed by atoms with Gasteiger partial charge in [0.1, 0.15) is 5.76 Å². The topological polar surface area (TPSA) is 84.2 Å². The van der Waals surface area contributed by atoms with Gasteiger partial charge in [0, 0.05) is 12.5 Å². The van der Waals surface area contributed by atoms with E-state index in [1.807, 2.05) is 18.2 Å². The van der Waals surface area contributed by atoms with Crippen LogP contribution in [0.1, 0.15) is 30.6 Å². The smallest absolute Gasteiger partial charge is 0.245 e. The molecule has 2 rings (SSSR count). The Labute approximate surface area is 135 Å². The summed E-state index contributed by atoms with van der Waals surface area (Å²) in [7, 11) is 0. The first-order chi connectivity index (χ1) is 11.1. The van der Waals surface area contributed by atoms with Crippen molar-refractivity contribution in [3.63, 3.8) is 0 Å². The van der Waals surface area contributed by atoms with Gasteiger partial charge < -0.3 is 15.2 Å². The maximum atomic E-state index is 11.7. The third-order valence-electron chi connectivity index (χ3n) is 3.30. The van der Waals surface area contributed by atoms with E-state index in [9.17, 15) is 9.59 Å². The van der Waals surface area contributed by atoms with Gasteiger partial charge in [-0.2, -0.15) is 0 Å². The first kappa shape index (κ1) is 16.7. The molecular formula is C17H21N3O3. The van der Waals surface area contributed by atoms with Crippen molar-refractivity contribution in [2.45, 2.75) is 32.6 Å². The molecule has 0 spiro atoms. The average molecular weight is 315 g/mol. The fourth-order valence-electron chi connectivity index (χ4n) is 2.14. The Balaban J connectivity index is 1.57. The average Bonchev–Trinajstić information content (AvgIpc) is 2.95. The quantitative estimate of drug-likeness (QED) is 0.733. The van der Waals surface area contributed by atoms with Crippen LogP contribution in [0.3, 0.4) is 0 Å². The minimum absolute atomic E-state index is 0.0660. The number of nitrogens with one attached hydrogen (secondary N) is 2. The van der Waals surface area contributed by atoms with Crippen LogP contribution in [-0.4, -0.2) is 23.5 Å². The molecule has 2 N–H and O–H groups in total. The van der Waals surface area contributed by atoms with Gasteiger partial charge in [0.15, 0.2) is 5.82 Å². The maximum Gasteiger partial charge on any atom is 0.245 e. The summed E-state index contributed by atoms with van der Waals surface area (Å²) < 4.78 is 4.84. The molecule has 0 bridgehead atoms. The largest absolute Gasteiger partial charge is 0.360 e. The molecule has 6 heteroatoms. The Morgan fingerprint density at radius 3 is 2.61 bits per heavy atom. The summed E-state index contributed by atoms with van der Waals surface area (Å²) in [4.78, 5) is 23.3. The number of rotatable bonds is 8. The van der Waals surface area contributed by atoms with Gasteiger partial charge in [-0.1, -0.05) is 35.5 Å². The van der Waals surface area contributed by atoms with E-state index in [0.717, 1.165) is 19.3 Å². The molecule has 0 aliphatic rings. The highest BCUT2D eigenvalue weighted by Crippen LogP contribution is 2.07. The number of hydrogen-bond donors (Lipinski definition) is 2. The van der Waals surface area contributed by atoms with E-state index in [4.69, 9.17) is 4.52 Å². The molecule has 122 valence electrons. The predicted molar refractivity (Wildman–Crippen MR) is 86.9 cm³/mol. The Hall–Kier alpha value is -2.63. The number of carbonyl (C=O) groups excluding carboxylic acids is 2. The lowest BCUT2D eigenvalue weighted by atomic mass is 10.1. The van der Waals surface area contributed by atoms with Crippen LogP contribution in [0.4, 0.5) is 5.82 Å². The number of amides is 2. The molecule has 2 amide bonds. The molecule has 1 aromatic heterocycles. The molecule has 0 aliphatic carbocycles. The van der Waals surface area contributed by atoms with E-state index in [-0.39, 0.29) is 18.4 Å². The number of nitrogens with zero attached hydrogens (tertiary/aromatic N) is 1. The second-order valence-corrected chi connectivity index (χ2v) is 5.34. The molecule has 0 fully saturated rings.